The maximum atomic E-state index is 12.6. The third kappa shape index (κ3) is 4.63. The van der Waals surface area contributed by atoms with Crippen LogP contribution < -0.4 is 10.9 Å². The molecule has 180 valence electrons. The number of rotatable bonds is 8. The minimum Gasteiger partial charge on any atom is -0.354 e. The molecule has 1 aromatic carbocycles. The average molecular weight is 471 g/mol. The van der Waals surface area contributed by atoms with Gasteiger partial charge in [0.1, 0.15) is 16.9 Å². The number of hydrogen-bond donors (Lipinski definition) is 1. The Bertz CT molecular complexity index is 1430. The van der Waals surface area contributed by atoms with Crippen LogP contribution in [0.5, 0.6) is 0 Å². The molecule has 3 heterocycles. The van der Waals surface area contributed by atoms with Gasteiger partial charge in [0, 0.05) is 37.4 Å². The molecule has 0 spiro atoms. The van der Waals surface area contributed by atoms with Crippen molar-refractivity contribution < 1.29 is 5.95 Å². The highest BCUT2D eigenvalue weighted by Crippen LogP contribution is 2.29. The monoisotopic (exact) mass is 470 g/mol. The fourth-order valence-electron chi connectivity index (χ4n) is 4.12. The first-order valence-electron chi connectivity index (χ1n) is 11.6. The predicted molar refractivity (Wildman–Crippen MR) is 136 cm³/mol. The predicted octanol–water partition coefficient (Wildman–Crippen LogP) is 4.94. The number of aryl methyl sites for hydroxylation is 1. The lowest BCUT2D eigenvalue weighted by molar-refractivity contribution is 0.345. The van der Waals surface area contributed by atoms with Crippen LogP contribution in [0, 0.1) is 18.3 Å². The van der Waals surface area contributed by atoms with Gasteiger partial charge in [-0.15, -0.1) is 0 Å². The maximum Gasteiger partial charge on any atom is 0.251 e. The fourth-order valence-corrected chi connectivity index (χ4v) is 4.12. The van der Waals surface area contributed by atoms with E-state index in [4.69, 9.17) is 9.51 Å². The van der Waals surface area contributed by atoms with Gasteiger partial charge in [0.15, 0.2) is 5.76 Å². The summed E-state index contributed by atoms with van der Waals surface area (Å²) in [6.45, 7) is 6.47. The summed E-state index contributed by atoms with van der Waals surface area (Å²) in [5.41, 5.74) is 4.25. The molecule has 0 unspecified atom stereocenters. The van der Waals surface area contributed by atoms with Crippen molar-refractivity contribution in [1.82, 2.24) is 25.0 Å². The molecule has 0 saturated heterocycles. The number of nitriles is 1. The van der Waals surface area contributed by atoms with Crippen molar-refractivity contribution in [3.8, 4) is 40.0 Å². The summed E-state index contributed by atoms with van der Waals surface area (Å²) in [5, 5.41) is 17.2. The van der Waals surface area contributed by atoms with Crippen LogP contribution in [-0.2, 0) is 12.1 Å². The van der Waals surface area contributed by atoms with E-state index in [0.717, 1.165) is 12.1 Å². The first-order chi connectivity index (χ1) is 16.9. The highest BCUT2D eigenvalue weighted by molar-refractivity contribution is 5.68. The molecule has 8 heteroatoms. The topological polar surface area (TPSA) is 110 Å². The SMILES string of the molecule is CCC(C#N)(CC)n1cc(-c2cnc(C)c(-c3cc(-c4ccc(CNC)cc4)no3)n2)ccc1=O.[HH]. The number of nitrogens with one attached hydrogen (secondary N) is 1. The molecule has 0 aliphatic heterocycles. The Kier molecular flexibility index (Phi) is 6.90. The molecule has 4 aromatic rings. The van der Waals surface area contributed by atoms with Crippen LogP contribution in [0.2, 0.25) is 0 Å². The van der Waals surface area contributed by atoms with Crippen molar-refractivity contribution in [3.63, 3.8) is 0 Å². The highest BCUT2D eigenvalue weighted by Gasteiger charge is 2.29. The Hall–Kier alpha value is -4.09. The second kappa shape index (κ2) is 10.0. The average Bonchev–Trinajstić information content (AvgIpc) is 3.37. The van der Waals surface area contributed by atoms with Crippen LogP contribution in [0.1, 0.15) is 39.4 Å². The van der Waals surface area contributed by atoms with E-state index in [2.05, 4.69) is 33.7 Å². The van der Waals surface area contributed by atoms with E-state index in [9.17, 15) is 10.1 Å². The van der Waals surface area contributed by atoms with E-state index in [-0.39, 0.29) is 6.99 Å². The van der Waals surface area contributed by atoms with Gasteiger partial charge in [-0.3, -0.25) is 14.3 Å². The molecule has 35 heavy (non-hydrogen) atoms. The van der Waals surface area contributed by atoms with Gasteiger partial charge in [0.2, 0.25) is 0 Å². The molecule has 0 atom stereocenters. The third-order valence-corrected chi connectivity index (χ3v) is 6.38. The largest absolute Gasteiger partial charge is 0.354 e. The van der Waals surface area contributed by atoms with Crippen molar-refractivity contribution in [2.75, 3.05) is 7.05 Å². The molecule has 0 saturated carbocycles. The Morgan fingerprint density at radius 1 is 1.11 bits per heavy atom. The van der Waals surface area contributed by atoms with Gasteiger partial charge in [-0.1, -0.05) is 43.3 Å². The van der Waals surface area contributed by atoms with E-state index in [0.29, 0.717) is 46.9 Å². The zero-order valence-electron chi connectivity index (χ0n) is 20.4. The molecule has 0 radical (unpaired) electrons. The zero-order valence-corrected chi connectivity index (χ0v) is 20.4. The van der Waals surface area contributed by atoms with Gasteiger partial charge in [-0.25, -0.2) is 4.98 Å². The van der Waals surface area contributed by atoms with E-state index in [1.165, 1.54) is 16.2 Å². The minimum atomic E-state index is -0.906. The van der Waals surface area contributed by atoms with Crippen LogP contribution in [-0.4, -0.2) is 26.7 Å². The van der Waals surface area contributed by atoms with E-state index < -0.39 is 5.54 Å². The zero-order chi connectivity index (χ0) is 25.0. The van der Waals surface area contributed by atoms with Gasteiger partial charge in [0.05, 0.1) is 23.7 Å². The van der Waals surface area contributed by atoms with Gasteiger partial charge in [-0.05, 0) is 38.4 Å². The molecule has 0 aliphatic carbocycles. The molecule has 4 rings (SSSR count). The summed E-state index contributed by atoms with van der Waals surface area (Å²) >= 11 is 0. The lowest BCUT2D eigenvalue weighted by atomic mass is 9.94. The summed E-state index contributed by atoms with van der Waals surface area (Å²) in [6.07, 6.45) is 4.39. The van der Waals surface area contributed by atoms with Gasteiger partial charge in [-0.2, -0.15) is 5.26 Å². The minimum absolute atomic E-state index is 0. The van der Waals surface area contributed by atoms with Gasteiger partial charge >= 0.3 is 0 Å². The van der Waals surface area contributed by atoms with Crippen molar-refractivity contribution in [2.24, 2.45) is 0 Å². The van der Waals surface area contributed by atoms with Crippen molar-refractivity contribution in [1.29, 1.82) is 5.26 Å². The standard InChI is InChI=1S/C27H28N6O2.H2/c1-5-27(6-2,17-28)33-16-21(11-12-25(33)34)23-15-30-18(3)26(31-23)24-13-22(32-35-24)20-9-7-19(8-10-20)14-29-4;/h7-13,15-16,29H,5-6,14H2,1-4H3;1H. The highest BCUT2D eigenvalue weighted by atomic mass is 16.5. The van der Waals surface area contributed by atoms with E-state index in [1.54, 1.807) is 18.5 Å². The molecule has 3 aromatic heterocycles. The van der Waals surface area contributed by atoms with Crippen LogP contribution in [0.4, 0.5) is 0 Å². The number of benzene rings is 1. The molecular weight excluding hydrogens is 440 g/mol. The summed E-state index contributed by atoms with van der Waals surface area (Å²) in [6, 6.07) is 15.5. The molecule has 8 nitrogen and oxygen atoms in total. The third-order valence-electron chi connectivity index (χ3n) is 6.38. The lowest BCUT2D eigenvalue weighted by Gasteiger charge is -2.26. The van der Waals surface area contributed by atoms with Crippen LogP contribution in [0.25, 0.3) is 34.0 Å². The Morgan fingerprint density at radius 2 is 1.83 bits per heavy atom. The first kappa shape index (κ1) is 24.0. The number of nitrogens with zero attached hydrogens (tertiary/aromatic N) is 5. The number of pyridine rings is 1. The Labute approximate surface area is 205 Å². The Balaban J connectivity index is 0.00000361. The van der Waals surface area contributed by atoms with Crippen molar-refractivity contribution in [2.45, 2.75) is 45.7 Å². The van der Waals surface area contributed by atoms with Crippen molar-refractivity contribution >= 4 is 0 Å². The molecule has 0 fully saturated rings. The summed E-state index contributed by atoms with van der Waals surface area (Å²) < 4.78 is 7.15. The van der Waals surface area contributed by atoms with Crippen LogP contribution in [0.15, 0.2) is 64.2 Å². The van der Waals surface area contributed by atoms with Crippen LogP contribution in [0.3, 0.4) is 0 Å². The van der Waals surface area contributed by atoms with Crippen LogP contribution >= 0.6 is 0 Å². The van der Waals surface area contributed by atoms with E-state index >= 15 is 0 Å². The van der Waals surface area contributed by atoms with Crippen molar-refractivity contribution in [3.05, 3.63) is 76.5 Å². The van der Waals surface area contributed by atoms with Gasteiger partial charge in [0.25, 0.3) is 5.56 Å². The molecule has 0 aliphatic rings. The summed E-state index contributed by atoms with van der Waals surface area (Å²) in [4.78, 5) is 21.9. The second-order valence-electron chi connectivity index (χ2n) is 8.47. The maximum absolute atomic E-state index is 12.6. The molecule has 0 bridgehead atoms. The summed E-state index contributed by atoms with van der Waals surface area (Å²) in [7, 11) is 1.91. The number of hydrogen-bond acceptors (Lipinski definition) is 7. The molecule has 0 amide bonds. The molecule has 1 N–H and O–H groups in total. The second-order valence-corrected chi connectivity index (χ2v) is 8.47. The van der Waals surface area contributed by atoms with E-state index in [1.807, 2.05) is 46.0 Å². The lowest BCUT2D eigenvalue weighted by Crippen LogP contribution is -2.38. The molecular formula is C27H30N6O2. The quantitative estimate of drug-likeness (QED) is 0.388. The smallest absolute Gasteiger partial charge is 0.251 e. The fraction of sp³-hybridized carbons (Fsp3) is 0.296. The van der Waals surface area contributed by atoms with Gasteiger partial charge < -0.3 is 9.84 Å². The Morgan fingerprint density at radius 3 is 2.49 bits per heavy atom. The summed E-state index contributed by atoms with van der Waals surface area (Å²) in [5.74, 6) is 0.507. The number of aromatic nitrogens is 4. The first-order valence-corrected chi connectivity index (χ1v) is 11.6. The normalized spacial score (nSPS) is 11.4.